The Hall–Kier alpha value is -4.53. The summed E-state index contributed by atoms with van der Waals surface area (Å²) in [5.41, 5.74) is 14.8. The Morgan fingerprint density at radius 1 is 0.944 bits per heavy atom. The molecule has 3 amide bonds. The lowest BCUT2D eigenvalue weighted by Crippen LogP contribution is -2.41. The summed E-state index contributed by atoms with van der Waals surface area (Å²) in [6, 6.07) is 16.8. The van der Waals surface area contributed by atoms with Crippen molar-refractivity contribution in [3.8, 4) is 16.9 Å². The van der Waals surface area contributed by atoms with E-state index in [1.54, 1.807) is 30.2 Å². The number of piperidine rings is 1. The minimum Gasteiger partial charge on any atom is -0.497 e. The molecule has 4 aromatic rings. The fourth-order valence-electron chi connectivity index (χ4n) is 4.83. The normalized spacial score (nSPS) is 14.2. The first kappa shape index (κ1) is 23.2. The summed E-state index contributed by atoms with van der Waals surface area (Å²) >= 11 is 0. The summed E-state index contributed by atoms with van der Waals surface area (Å²) in [6.45, 7) is 0.939. The number of aromatic amines is 1. The van der Waals surface area contributed by atoms with Crippen LogP contribution < -0.4 is 16.2 Å². The van der Waals surface area contributed by atoms with Crippen molar-refractivity contribution in [2.45, 2.75) is 18.9 Å². The number of nitrogens with two attached hydrogens (primary N) is 2. The number of hydrogen-bond acceptors (Lipinski definition) is 5. The van der Waals surface area contributed by atoms with Gasteiger partial charge in [0.15, 0.2) is 0 Å². The van der Waals surface area contributed by atoms with Gasteiger partial charge in [-0.3, -0.25) is 9.59 Å². The number of ether oxygens (including phenoxy) is 2. The van der Waals surface area contributed by atoms with Gasteiger partial charge in [-0.25, -0.2) is 4.79 Å². The average molecular weight is 487 g/mol. The number of nitrogens with zero attached hydrogens (tertiary/aromatic N) is 1. The van der Waals surface area contributed by atoms with Crippen LogP contribution in [0.3, 0.4) is 0 Å². The number of hydrogen-bond donors (Lipinski definition) is 3. The quantitative estimate of drug-likeness (QED) is 0.394. The fourth-order valence-corrected chi connectivity index (χ4v) is 4.83. The molecule has 0 spiro atoms. The van der Waals surface area contributed by atoms with Crippen LogP contribution in [0.25, 0.3) is 32.9 Å². The van der Waals surface area contributed by atoms with Crippen LogP contribution in [0.1, 0.15) is 33.6 Å². The van der Waals surface area contributed by atoms with Gasteiger partial charge in [0.1, 0.15) is 11.9 Å². The summed E-state index contributed by atoms with van der Waals surface area (Å²) < 4.78 is 10.4. The van der Waals surface area contributed by atoms with E-state index in [9.17, 15) is 14.4 Å². The van der Waals surface area contributed by atoms with Gasteiger partial charge in [0, 0.05) is 47.8 Å². The van der Waals surface area contributed by atoms with Crippen LogP contribution in [0, 0.1) is 0 Å². The van der Waals surface area contributed by atoms with Crippen molar-refractivity contribution in [1.29, 1.82) is 0 Å². The Morgan fingerprint density at radius 3 is 2.42 bits per heavy atom. The zero-order chi connectivity index (χ0) is 25.4. The standard InChI is InChI=1S/C27H26N4O5/c1-35-19-4-2-3-15(11-19)17-12-21-20-6-5-16(14-23(20)30-24(21)22(13-17)25(28)32)26(33)31-9-7-18(8-10-31)36-27(29)34/h2-6,11-14,18,30H,7-10H2,1H3,(H2,28,32)(H2,29,34). The van der Waals surface area contributed by atoms with E-state index >= 15 is 0 Å². The molecule has 9 nitrogen and oxygen atoms in total. The number of H-pyrrole nitrogens is 1. The number of carbonyl (C=O) groups is 3. The Bertz CT molecular complexity index is 1500. The third-order valence-electron chi connectivity index (χ3n) is 6.64. The van der Waals surface area contributed by atoms with Gasteiger partial charge in [0.05, 0.1) is 18.2 Å². The van der Waals surface area contributed by atoms with Gasteiger partial charge in [0.2, 0.25) is 0 Å². The van der Waals surface area contributed by atoms with E-state index in [-0.39, 0.29) is 12.0 Å². The number of methoxy groups -OCH3 is 1. The van der Waals surface area contributed by atoms with Crippen LogP contribution in [0.2, 0.25) is 0 Å². The van der Waals surface area contributed by atoms with E-state index in [2.05, 4.69) is 4.98 Å². The fraction of sp³-hybridized carbons (Fsp3) is 0.222. The Balaban J connectivity index is 1.50. The third kappa shape index (κ3) is 4.31. The molecule has 0 saturated carbocycles. The van der Waals surface area contributed by atoms with Gasteiger partial charge in [-0.05, 0) is 47.5 Å². The Kier molecular flexibility index (Phi) is 5.97. The van der Waals surface area contributed by atoms with Gasteiger partial charge in [-0.2, -0.15) is 0 Å². The van der Waals surface area contributed by atoms with E-state index in [1.165, 1.54) is 0 Å². The lowest BCUT2D eigenvalue weighted by molar-refractivity contribution is 0.0455. The minimum absolute atomic E-state index is 0.111. The maximum Gasteiger partial charge on any atom is 0.404 e. The first-order valence-electron chi connectivity index (χ1n) is 11.6. The number of amides is 3. The molecule has 1 aromatic heterocycles. The summed E-state index contributed by atoms with van der Waals surface area (Å²) in [4.78, 5) is 41.5. The number of aromatic nitrogens is 1. The smallest absolute Gasteiger partial charge is 0.404 e. The molecule has 1 aliphatic rings. The second-order valence-electron chi connectivity index (χ2n) is 8.86. The largest absolute Gasteiger partial charge is 0.497 e. The maximum atomic E-state index is 13.2. The van der Waals surface area contributed by atoms with Crippen molar-refractivity contribution >= 4 is 39.7 Å². The molecule has 0 bridgehead atoms. The van der Waals surface area contributed by atoms with Crippen molar-refractivity contribution in [3.63, 3.8) is 0 Å². The summed E-state index contributed by atoms with van der Waals surface area (Å²) in [5, 5.41) is 1.71. The molecule has 3 aromatic carbocycles. The molecule has 0 aliphatic carbocycles. The van der Waals surface area contributed by atoms with Gasteiger partial charge < -0.3 is 30.8 Å². The van der Waals surface area contributed by atoms with E-state index in [0.717, 1.165) is 27.4 Å². The number of fused-ring (bicyclic) bond motifs is 3. The van der Waals surface area contributed by atoms with Gasteiger partial charge in [-0.15, -0.1) is 0 Å². The molecular weight excluding hydrogens is 460 g/mol. The summed E-state index contributed by atoms with van der Waals surface area (Å²) in [5.74, 6) is 0.0504. The highest BCUT2D eigenvalue weighted by atomic mass is 16.6. The van der Waals surface area contributed by atoms with Crippen LogP contribution >= 0.6 is 0 Å². The molecule has 0 unspecified atom stereocenters. The van der Waals surface area contributed by atoms with Crippen molar-refractivity contribution in [2.24, 2.45) is 11.5 Å². The SMILES string of the molecule is COc1cccc(-c2cc(C(N)=O)c3[nH]c4cc(C(=O)N5CCC(OC(N)=O)CC5)ccc4c3c2)c1. The van der Waals surface area contributed by atoms with Gasteiger partial charge >= 0.3 is 6.09 Å². The minimum atomic E-state index is -0.797. The van der Waals surface area contributed by atoms with Gasteiger partial charge in [0.25, 0.3) is 11.8 Å². The average Bonchev–Trinajstić information content (AvgIpc) is 3.25. The van der Waals surface area contributed by atoms with Crippen molar-refractivity contribution in [2.75, 3.05) is 20.2 Å². The molecule has 0 radical (unpaired) electrons. The molecule has 1 fully saturated rings. The molecule has 9 heteroatoms. The lowest BCUT2D eigenvalue weighted by Gasteiger charge is -2.31. The Morgan fingerprint density at radius 2 is 1.72 bits per heavy atom. The van der Waals surface area contributed by atoms with Crippen LogP contribution in [-0.4, -0.2) is 54.1 Å². The van der Waals surface area contributed by atoms with Crippen LogP contribution in [-0.2, 0) is 4.74 Å². The molecule has 2 heterocycles. The Labute approximate surface area is 206 Å². The first-order valence-corrected chi connectivity index (χ1v) is 11.6. The number of carbonyl (C=O) groups excluding carboxylic acids is 3. The number of rotatable bonds is 5. The van der Waals surface area contributed by atoms with E-state index < -0.39 is 12.0 Å². The predicted molar refractivity (Wildman–Crippen MR) is 136 cm³/mol. The molecule has 184 valence electrons. The van der Waals surface area contributed by atoms with Crippen molar-refractivity contribution in [3.05, 3.63) is 65.7 Å². The second kappa shape index (κ2) is 9.26. The van der Waals surface area contributed by atoms with E-state index in [0.29, 0.717) is 48.3 Å². The summed E-state index contributed by atoms with van der Waals surface area (Å²) in [6.07, 6.45) is 0.0130. The monoisotopic (exact) mass is 486 g/mol. The molecule has 1 aliphatic heterocycles. The van der Waals surface area contributed by atoms with Crippen LogP contribution in [0.15, 0.2) is 54.6 Å². The van der Waals surface area contributed by atoms with Gasteiger partial charge in [-0.1, -0.05) is 18.2 Å². The topological polar surface area (TPSA) is 141 Å². The zero-order valence-corrected chi connectivity index (χ0v) is 19.7. The number of likely N-dealkylation sites (tertiary alicyclic amines) is 1. The lowest BCUT2D eigenvalue weighted by atomic mass is 9.98. The maximum absolute atomic E-state index is 13.2. The van der Waals surface area contributed by atoms with Crippen LogP contribution in [0.5, 0.6) is 5.75 Å². The molecule has 1 saturated heterocycles. The highest BCUT2D eigenvalue weighted by Gasteiger charge is 2.26. The second-order valence-corrected chi connectivity index (χ2v) is 8.86. The van der Waals surface area contributed by atoms with E-state index in [1.807, 2.05) is 36.4 Å². The molecule has 0 atom stereocenters. The molecule has 5 N–H and O–H groups in total. The molecule has 5 rings (SSSR count). The van der Waals surface area contributed by atoms with Crippen molar-refractivity contribution < 1.29 is 23.9 Å². The molecule has 36 heavy (non-hydrogen) atoms. The third-order valence-corrected chi connectivity index (χ3v) is 6.64. The highest BCUT2D eigenvalue weighted by molar-refractivity contribution is 6.17. The number of benzene rings is 3. The highest BCUT2D eigenvalue weighted by Crippen LogP contribution is 2.34. The molecular formula is C27H26N4O5. The first-order chi connectivity index (χ1) is 17.3. The predicted octanol–water partition coefficient (Wildman–Crippen LogP) is 3.80. The van der Waals surface area contributed by atoms with E-state index in [4.69, 9.17) is 20.9 Å². The zero-order valence-electron chi connectivity index (χ0n) is 19.7. The van der Waals surface area contributed by atoms with Crippen LogP contribution in [0.4, 0.5) is 4.79 Å². The number of nitrogens with one attached hydrogen (secondary N) is 1. The summed E-state index contributed by atoms with van der Waals surface area (Å²) in [7, 11) is 1.60. The van der Waals surface area contributed by atoms with Crippen molar-refractivity contribution in [1.82, 2.24) is 9.88 Å². The number of primary amides is 2.